The Morgan fingerprint density at radius 2 is 1.67 bits per heavy atom. The van der Waals surface area contributed by atoms with Gasteiger partial charge in [0.25, 0.3) is 0 Å². The van der Waals surface area contributed by atoms with Crippen molar-refractivity contribution in [2.24, 2.45) is 28.8 Å². The maximum Gasteiger partial charge on any atom is 0.311 e. The number of nitrogens with zero attached hydrogens (tertiary/aromatic N) is 1. The molecular weight excluding hydrogens is 510 g/mol. The predicted octanol–water partition coefficient (Wildman–Crippen LogP) is 1.53. The van der Waals surface area contributed by atoms with Crippen LogP contribution in [0.3, 0.4) is 0 Å². The molecule has 2 heterocycles. The third-order valence-electron chi connectivity index (χ3n) is 8.24. The molecule has 0 aliphatic carbocycles. The van der Waals surface area contributed by atoms with Crippen molar-refractivity contribution in [1.82, 2.24) is 0 Å². The number of esters is 1. The molecule has 2 aliphatic rings. The molecule has 39 heavy (non-hydrogen) atoms. The Labute approximate surface area is 231 Å². The van der Waals surface area contributed by atoms with Crippen LogP contribution in [0, 0.1) is 23.7 Å². The lowest BCUT2D eigenvalue weighted by Crippen LogP contribution is -2.58. The Hall–Kier alpha value is -1.60. The van der Waals surface area contributed by atoms with Gasteiger partial charge in [0.05, 0.1) is 41.6 Å². The SMILES string of the molecule is CC[C@H]1OC(=O)[C@H](C)[C@@H](O)[C@H](C)[C@@H](O[C@@H]2O[C@H](C)C=C[C@H]2O)[C@](C)(O)C[C@@H](C)/C(=N\OC)[C@H](C)[C@@H](O)[C@]1(C)O. The van der Waals surface area contributed by atoms with Gasteiger partial charge in [0.15, 0.2) is 6.29 Å². The van der Waals surface area contributed by atoms with E-state index in [1.54, 1.807) is 46.8 Å². The number of hydrogen-bond donors (Lipinski definition) is 5. The standard InChI is InChI=1S/C28H49NO10/c1-10-20-28(8,35)23(32)16(4)21(29-36-9)14(2)13-27(7,34)24(17(5)22(31)18(6)25(33)38-20)39-26-19(30)12-11-15(3)37-26/h11-12,14-20,22-24,26,30-32,34-35H,10,13H2,1-9H3/b29-21+/t14-,15-,16+,17+,18-,19-,20-,22+,23-,24-,26+,27-,28-/m1/s1. The Morgan fingerprint density at radius 3 is 2.23 bits per heavy atom. The smallest absolute Gasteiger partial charge is 0.311 e. The summed E-state index contributed by atoms with van der Waals surface area (Å²) in [7, 11) is 1.36. The van der Waals surface area contributed by atoms with Crippen molar-refractivity contribution in [2.45, 2.75) is 122 Å². The summed E-state index contributed by atoms with van der Waals surface area (Å²) < 4.78 is 17.6. The number of carbonyl (C=O) groups is 1. The van der Waals surface area contributed by atoms with Gasteiger partial charge in [-0.2, -0.15) is 0 Å². The summed E-state index contributed by atoms with van der Waals surface area (Å²) in [5.41, 5.74) is -3.13. The first-order valence-electron chi connectivity index (χ1n) is 13.8. The fourth-order valence-electron chi connectivity index (χ4n) is 5.86. The molecule has 13 atom stereocenters. The largest absolute Gasteiger partial charge is 0.459 e. The van der Waals surface area contributed by atoms with Crippen molar-refractivity contribution in [2.75, 3.05) is 7.11 Å². The van der Waals surface area contributed by atoms with Crippen LogP contribution >= 0.6 is 0 Å². The van der Waals surface area contributed by atoms with Gasteiger partial charge in [-0.25, -0.2) is 0 Å². The van der Waals surface area contributed by atoms with E-state index in [0.29, 0.717) is 5.71 Å². The van der Waals surface area contributed by atoms with Crippen molar-refractivity contribution >= 4 is 11.7 Å². The van der Waals surface area contributed by atoms with E-state index in [1.165, 1.54) is 27.9 Å². The summed E-state index contributed by atoms with van der Waals surface area (Å²) in [6.07, 6.45) is -4.04. The Balaban J connectivity index is 2.61. The van der Waals surface area contributed by atoms with Gasteiger partial charge in [0.1, 0.15) is 24.9 Å². The summed E-state index contributed by atoms with van der Waals surface area (Å²) in [6, 6.07) is 0. The number of oxime groups is 1. The van der Waals surface area contributed by atoms with E-state index in [9.17, 15) is 30.3 Å². The first-order chi connectivity index (χ1) is 18.0. The van der Waals surface area contributed by atoms with E-state index in [0.717, 1.165) is 0 Å². The second kappa shape index (κ2) is 13.4. The summed E-state index contributed by atoms with van der Waals surface area (Å²) in [4.78, 5) is 18.2. The molecule has 0 aromatic rings. The summed E-state index contributed by atoms with van der Waals surface area (Å²) >= 11 is 0. The number of aliphatic hydroxyl groups is 5. The normalized spacial score (nSPS) is 47.9. The first kappa shape index (κ1) is 33.6. The zero-order chi connectivity index (χ0) is 29.9. The van der Waals surface area contributed by atoms with Crippen molar-refractivity contribution in [3.05, 3.63) is 12.2 Å². The molecule has 226 valence electrons. The average molecular weight is 560 g/mol. The fraction of sp³-hybridized carbons (Fsp3) is 0.857. The van der Waals surface area contributed by atoms with E-state index in [-0.39, 0.29) is 18.9 Å². The van der Waals surface area contributed by atoms with Crippen LogP contribution in [0.25, 0.3) is 0 Å². The molecule has 0 saturated carbocycles. The molecule has 5 N–H and O–H groups in total. The predicted molar refractivity (Wildman–Crippen MR) is 144 cm³/mol. The highest BCUT2D eigenvalue weighted by Crippen LogP contribution is 2.37. The van der Waals surface area contributed by atoms with Crippen molar-refractivity contribution in [3.63, 3.8) is 0 Å². The van der Waals surface area contributed by atoms with Gasteiger partial charge in [-0.15, -0.1) is 0 Å². The average Bonchev–Trinajstić information content (AvgIpc) is 2.87. The Kier molecular flexibility index (Phi) is 11.5. The topological polar surface area (TPSA) is 168 Å². The summed E-state index contributed by atoms with van der Waals surface area (Å²) in [5.74, 6) is -3.92. The molecule has 11 nitrogen and oxygen atoms in total. The van der Waals surface area contributed by atoms with Crippen LogP contribution in [0.4, 0.5) is 0 Å². The van der Waals surface area contributed by atoms with Crippen LogP contribution < -0.4 is 0 Å². The van der Waals surface area contributed by atoms with Gasteiger partial charge in [-0.05, 0) is 40.5 Å². The van der Waals surface area contributed by atoms with Gasteiger partial charge in [0, 0.05) is 17.8 Å². The Bertz CT molecular complexity index is 874. The minimum absolute atomic E-state index is 0.0420. The molecule has 2 rings (SSSR count). The second-order valence-corrected chi connectivity index (χ2v) is 11.7. The monoisotopic (exact) mass is 559 g/mol. The molecule has 0 aromatic heterocycles. The molecule has 0 bridgehead atoms. The van der Waals surface area contributed by atoms with E-state index in [2.05, 4.69) is 5.16 Å². The minimum atomic E-state index is -1.86. The number of cyclic esters (lactones) is 1. The lowest BCUT2D eigenvalue weighted by molar-refractivity contribution is -0.268. The van der Waals surface area contributed by atoms with Crippen LogP contribution in [-0.2, 0) is 23.8 Å². The number of hydrogen-bond acceptors (Lipinski definition) is 11. The van der Waals surface area contributed by atoms with Gasteiger partial charge in [-0.1, -0.05) is 45.0 Å². The van der Waals surface area contributed by atoms with Crippen molar-refractivity contribution in [3.8, 4) is 0 Å². The first-order valence-corrected chi connectivity index (χ1v) is 13.8. The lowest BCUT2D eigenvalue weighted by atomic mass is 9.73. The lowest BCUT2D eigenvalue weighted by Gasteiger charge is -2.45. The molecular formula is C28H49NO10. The molecule has 1 saturated heterocycles. The van der Waals surface area contributed by atoms with Crippen LogP contribution in [0.5, 0.6) is 0 Å². The van der Waals surface area contributed by atoms with Crippen LogP contribution in [0.15, 0.2) is 17.3 Å². The molecule has 0 amide bonds. The number of carbonyl (C=O) groups excluding carboxylic acids is 1. The van der Waals surface area contributed by atoms with Crippen LogP contribution in [-0.4, -0.2) is 98.4 Å². The van der Waals surface area contributed by atoms with E-state index in [1.807, 2.05) is 0 Å². The maximum atomic E-state index is 13.2. The van der Waals surface area contributed by atoms with Crippen LogP contribution in [0.2, 0.25) is 0 Å². The van der Waals surface area contributed by atoms with E-state index >= 15 is 0 Å². The highest BCUT2D eigenvalue weighted by molar-refractivity contribution is 5.88. The Morgan fingerprint density at radius 1 is 1.05 bits per heavy atom. The number of rotatable bonds is 4. The molecule has 0 unspecified atom stereocenters. The molecule has 0 spiro atoms. The van der Waals surface area contributed by atoms with Crippen molar-refractivity contribution < 1.29 is 49.4 Å². The molecule has 11 heteroatoms. The van der Waals surface area contributed by atoms with E-state index < -0.39 is 77.7 Å². The van der Waals surface area contributed by atoms with Gasteiger partial charge in [-0.3, -0.25) is 4.79 Å². The summed E-state index contributed by atoms with van der Waals surface area (Å²) in [6.45, 7) is 13.0. The molecule has 2 aliphatic heterocycles. The molecule has 0 aromatic carbocycles. The molecule has 1 fully saturated rings. The second-order valence-electron chi connectivity index (χ2n) is 11.7. The van der Waals surface area contributed by atoms with Crippen molar-refractivity contribution in [1.29, 1.82) is 0 Å². The van der Waals surface area contributed by atoms with E-state index in [4.69, 9.17) is 19.0 Å². The zero-order valence-corrected chi connectivity index (χ0v) is 24.6. The quantitative estimate of drug-likeness (QED) is 0.194. The van der Waals surface area contributed by atoms with Crippen LogP contribution in [0.1, 0.15) is 68.2 Å². The van der Waals surface area contributed by atoms with Gasteiger partial charge < -0.3 is 44.6 Å². The maximum absolute atomic E-state index is 13.2. The third-order valence-corrected chi connectivity index (χ3v) is 8.24. The number of aliphatic hydroxyl groups excluding tert-OH is 3. The number of ether oxygens (including phenoxy) is 3. The minimum Gasteiger partial charge on any atom is -0.459 e. The fourth-order valence-corrected chi connectivity index (χ4v) is 5.86. The highest BCUT2D eigenvalue weighted by Gasteiger charge is 2.50. The summed E-state index contributed by atoms with van der Waals surface area (Å²) in [5, 5.41) is 60.4. The third kappa shape index (κ3) is 7.58. The van der Waals surface area contributed by atoms with Gasteiger partial charge in [0.2, 0.25) is 0 Å². The highest BCUT2D eigenvalue weighted by atomic mass is 16.7. The zero-order valence-electron chi connectivity index (χ0n) is 24.6. The van der Waals surface area contributed by atoms with Gasteiger partial charge >= 0.3 is 5.97 Å². The molecule has 0 radical (unpaired) electrons.